The molecule has 0 spiro atoms. The lowest BCUT2D eigenvalue weighted by molar-refractivity contribution is -0.119. The zero-order valence-corrected chi connectivity index (χ0v) is 9.83. The van der Waals surface area contributed by atoms with Crippen molar-refractivity contribution in [3.8, 4) is 0 Å². The van der Waals surface area contributed by atoms with E-state index in [2.05, 4.69) is 20.7 Å². The molecule has 1 aromatic heterocycles. The Bertz CT molecular complexity index is 438. The Kier molecular flexibility index (Phi) is 3.52. The molecule has 5 N–H and O–H groups in total. The zero-order valence-electron chi connectivity index (χ0n) is 9.01. The van der Waals surface area contributed by atoms with Crippen molar-refractivity contribution in [3.05, 3.63) is 11.8 Å². The molecule has 1 saturated heterocycles. The van der Waals surface area contributed by atoms with Crippen molar-refractivity contribution in [3.63, 3.8) is 0 Å². The second-order valence-electron chi connectivity index (χ2n) is 3.69. The monoisotopic (exact) mass is 255 g/mol. The topological polar surface area (TPSA) is 116 Å². The molecule has 0 bridgehead atoms. The van der Waals surface area contributed by atoms with Gasteiger partial charge in [-0.3, -0.25) is 9.89 Å². The number of rotatable bonds is 3. The number of carbonyl (C=O) groups is 1. The van der Waals surface area contributed by atoms with Gasteiger partial charge in [0.05, 0.1) is 11.8 Å². The lowest BCUT2D eigenvalue weighted by atomic mass is 10.1. The van der Waals surface area contributed by atoms with E-state index in [9.17, 15) is 4.79 Å². The summed E-state index contributed by atoms with van der Waals surface area (Å²) >= 11 is 1.76. The molecule has 1 atom stereocenters. The average Bonchev–Trinajstić information content (AvgIpc) is 2.98. The highest BCUT2D eigenvalue weighted by molar-refractivity contribution is 7.99. The third-order valence-electron chi connectivity index (χ3n) is 2.57. The summed E-state index contributed by atoms with van der Waals surface area (Å²) in [4.78, 5) is 11.9. The number of thioether (sulfide) groups is 1. The Labute approximate surface area is 102 Å². The van der Waals surface area contributed by atoms with Crippen molar-refractivity contribution in [2.24, 2.45) is 16.8 Å². The van der Waals surface area contributed by atoms with Gasteiger partial charge in [0.25, 0.3) is 0 Å². The number of hydrogen-bond acceptors (Lipinski definition) is 5. The summed E-state index contributed by atoms with van der Waals surface area (Å²) < 4.78 is 0. The molecule has 1 unspecified atom stereocenters. The van der Waals surface area contributed by atoms with Gasteiger partial charge in [0.1, 0.15) is 5.82 Å². The molecule has 7 nitrogen and oxygen atoms in total. The normalized spacial score (nSPS) is 20.5. The zero-order chi connectivity index (χ0) is 12.3. The summed E-state index contributed by atoms with van der Waals surface area (Å²) in [7, 11) is 0. The Balaban J connectivity index is 2.08. The SMILES string of the molecule is NC(=NO)c1cn[nH]c1NC(=O)C1CCSC1. The van der Waals surface area contributed by atoms with Crippen LogP contribution in [0.1, 0.15) is 12.0 Å². The van der Waals surface area contributed by atoms with Crippen molar-refractivity contribution in [2.45, 2.75) is 6.42 Å². The van der Waals surface area contributed by atoms with Crippen LogP contribution in [0.2, 0.25) is 0 Å². The van der Waals surface area contributed by atoms with Crippen LogP contribution in [-0.4, -0.2) is 38.7 Å². The minimum atomic E-state index is -0.0881. The number of aromatic amines is 1. The molecule has 1 aromatic rings. The molecule has 8 heteroatoms. The predicted molar refractivity (Wildman–Crippen MR) is 65.2 cm³/mol. The van der Waals surface area contributed by atoms with Crippen LogP contribution in [0.3, 0.4) is 0 Å². The largest absolute Gasteiger partial charge is 0.409 e. The highest BCUT2D eigenvalue weighted by atomic mass is 32.2. The Hall–Kier alpha value is -1.70. The molecular weight excluding hydrogens is 242 g/mol. The molecule has 1 fully saturated rings. The fraction of sp³-hybridized carbons (Fsp3) is 0.444. The van der Waals surface area contributed by atoms with Gasteiger partial charge < -0.3 is 16.3 Å². The van der Waals surface area contributed by atoms with Gasteiger partial charge >= 0.3 is 0 Å². The minimum absolute atomic E-state index is 0.0171. The quantitative estimate of drug-likeness (QED) is 0.266. The first-order valence-electron chi connectivity index (χ1n) is 5.12. The highest BCUT2D eigenvalue weighted by Crippen LogP contribution is 2.24. The number of nitrogens with zero attached hydrogens (tertiary/aromatic N) is 2. The second-order valence-corrected chi connectivity index (χ2v) is 4.84. The van der Waals surface area contributed by atoms with Gasteiger partial charge in [0, 0.05) is 11.7 Å². The molecule has 0 aromatic carbocycles. The first kappa shape index (κ1) is 11.8. The first-order valence-corrected chi connectivity index (χ1v) is 6.27. The van der Waals surface area contributed by atoms with Crippen LogP contribution in [0.15, 0.2) is 11.4 Å². The van der Waals surface area contributed by atoms with E-state index in [1.807, 2.05) is 0 Å². The van der Waals surface area contributed by atoms with Gasteiger partial charge in [0.15, 0.2) is 5.84 Å². The number of oxime groups is 1. The molecule has 1 amide bonds. The molecular formula is C9H13N5O2S. The Morgan fingerprint density at radius 1 is 1.76 bits per heavy atom. The summed E-state index contributed by atoms with van der Waals surface area (Å²) in [5, 5.41) is 20.5. The van der Waals surface area contributed by atoms with E-state index in [0.717, 1.165) is 17.9 Å². The third-order valence-corrected chi connectivity index (χ3v) is 3.73. The molecule has 0 aliphatic carbocycles. The van der Waals surface area contributed by atoms with Crippen LogP contribution in [0.5, 0.6) is 0 Å². The Morgan fingerprint density at radius 2 is 2.59 bits per heavy atom. The highest BCUT2D eigenvalue weighted by Gasteiger charge is 2.24. The van der Waals surface area contributed by atoms with Crippen molar-refractivity contribution >= 4 is 29.3 Å². The number of nitrogens with two attached hydrogens (primary N) is 1. The van der Waals surface area contributed by atoms with E-state index >= 15 is 0 Å². The maximum Gasteiger partial charge on any atom is 0.229 e. The fourth-order valence-electron chi connectivity index (χ4n) is 1.60. The van der Waals surface area contributed by atoms with E-state index in [1.54, 1.807) is 11.8 Å². The lowest BCUT2D eigenvalue weighted by Crippen LogP contribution is -2.24. The molecule has 2 heterocycles. The summed E-state index contributed by atoms with van der Waals surface area (Å²) in [5.74, 6) is 2.07. The van der Waals surface area contributed by atoms with E-state index < -0.39 is 0 Å². The molecule has 1 aliphatic rings. The Morgan fingerprint density at radius 3 is 3.24 bits per heavy atom. The number of anilines is 1. The number of H-pyrrole nitrogens is 1. The number of nitrogens with one attached hydrogen (secondary N) is 2. The van der Waals surface area contributed by atoms with Crippen molar-refractivity contribution in [1.82, 2.24) is 10.2 Å². The van der Waals surface area contributed by atoms with Crippen LogP contribution in [0.25, 0.3) is 0 Å². The van der Waals surface area contributed by atoms with Crippen LogP contribution >= 0.6 is 11.8 Å². The molecule has 92 valence electrons. The maximum atomic E-state index is 11.9. The van der Waals surface area contributed by atoms with Gasteiger partial charge in [-0.1, -0.05) is 5.16 Å². The molecule has 0 radical (unpaired) electrons. The molecule has 0 saturated carbocycles. The predicted octanol–water partition coefficient (Wildman–Crippen LogP) is 0.196. The minimum Gasteiger partial charge on any atom is -0.409 e. The van der Waals surface area contributed by atoms with Crippen LogP contribution in [0, 0.1) is 5.92 Å². The van der Waals surface area contributed by atoms with Gasteiger partial charge in [-0.25, -0.2) is 0 Å². The van der Waals surface area contributed by atoms with Crippen LogP contribution in [0.4, 0.5) is 5.82 Å². The summed E-state index contributed by atoms with van der Waals surface area (Å²) in [6.07, 6.45) is 2.28. The number of amides is 1. The second kappa shape index (κ2) is 5.09. The van der Waals surface area contributed by atoms with Crippen molar-refractivity contribution < 1.29 is 10.0 Å². The summed E-state index contributed by atoms with van der Waals surface area (Å²) in [6, 6.07) is 0. The lowest BCUT2D eigenvalue weighted by Gasteiger charge is -2.09. The summed E-state index contributed by atoms with van der Waals surface area (Å²) in [5.41, 5.74) is 5.83. The van der Waals surface area contributed by atoms with Gasteiger partial charge in [-0.2, -0.15) is 16.9 Å². The average molecular weight is 255 g/mol. The van der Waals surface area contributed by atoms with Gasteiger partial charge in [0.2, 0.25) is 5.91 Å². The molecule has 17 heavy (non-hydrogen) atoms. The molecule has 1 aliphatic heterocycles. The number of aromatic nitrogens is 2. The maximum absolute atomic E-state index is 11.9. The number of hydrogen-bond donors (Lipinski definition) is 4. The van der Waals surface area contributed by atoms with Crippen LogP contribution in [-0.2, 0) is 4.79 Å². The van der Waals surface area contributed by atoms with E-state index in [1.165, 1.54) is 6.20 Å². The van der Waals surface area contributed by atoms with Gasteiger partial charge in [-0.15, -0.1) is 0 Å². The van der Waals surface area contributed by atoms with E-state index in [0.29, 0.717) is 11.4 Å². The van der Waals surface area contributed by atoms with Gasteiger partial charge in [-0.05, 0) is 12.2 Å². The third kappa shape index (κ3) is 2.52. The fourth-order valence-corrected chi connectivity index (χ4v) is 2.82. The molecule has 2 rings (SSSR count). The van der Waals surface area contributed by atoms with Crippen molar-refractivity contribution in [2.75, 3.05) is 16.8 Å². The first-order chi connectivity index (χ1) is 8.22. The van der Waals surface area contributed by atoms with E-state index in [-0.39, 0.29) is 17.7 Å². The number of carbonyl (C=O) groups excluding carboxylic acids is 1. The van der Waals surface area contributed by atoms with Crippen molar-refractivity contribution in [1.29, 1.82) is 0 Å². The standard InChI is InChI=1S/C9H13N5O2S/c10-7(14-16)6-3-11-13-8(6)12-9(15)5-1-2-17-4-5/h3,5,16H,1-2,4H2,(H2,10,14)(H2,11,12,13,15). The summed E-state index contributed by atoms with van der Waals surface area (Å²) in [6.45, 7) is 0. The smallest absolute Gasteiger partial charge is 0.229 e. The van der Waals surface area contributed by atoms with Crippen LogP contribution < -0.4 is 11.1 Å². The van der Waals surface area contributed by atoms with E-state index in [4.69, 9.17) is 10.9 Å². The number of amidine groups is 1.